The van der Waals surface area contributed by atoms with Crippen LogP contribution in [0.15, 0.2) is 6.07 Å². The zero-order valence-electron chi connectivity index (χ0n) is 9.96. The minimum absolute atomic E-state index is 0.362. The van der Waals surface area contributed by atoms with Gasteiger partial charge >= 0.3 is 0 Å². The van der Waals surface area contributed by atoms with Gasteiger partial charge in [-0.25, -0.2) is 0 Å². The molecule has 0 amide bonds. The van der Waals surface area contributed by atoms with E-state index in [1.54, 1.807) is 0 Å². The van der Waals surface area contributed by atoms with Crippen molar-refractivity contribution in [2.24, 2.45) is 0 Å². The number of Topliss-reactive ketones (excluding diaryl/α,β-unsaturated/α-hetero) is 1. The normalized spacial score (nSPS) is 21.4. The molecule has 0 saturated heterocycles. The molecule has 2 aliphatic rings. The van der Waals surface area contributed by atoms with Gasteiger partial charge in [0.1, 0.15) is 0 Å². The molecular formula is C14H19NO. The molecule has 2 aliphatic carbocycles. The molecule has 3 rings (SSSR count). The fourth-order valence-corrected chi connectivity index (χ4v) is 3.42. The van der Waals surface area contributed by atoms with E-state index in [-0.39, 0.29) is 0 Å². The first-order valence-electron chi connectivity index (χ1n) is 6.51. The van der Waals surface area contributed by atoms with E-state index in [9.17, 15) is 4.79 Å². The van der Waals surface area contributed by atoms with Crippen LogP contribution < -0.4 is 0 Å². The van der Waals surface area contributed by atoms with E-state index >= 15 is 0 Å². The van der Waals surface area contributed by atoms with Crippen molar-refractivity contribution in [3.63, 3.8) is 0 Å². The zero-order valence-corrected chi connectivity index (χ0v) is 9.96. The highest BCUT2D eigenvalue weighted by Gasteiger charge is 2.27. The zero-order chi connectivity index (χ0) is 11.1. The van der Waals surface area contributed by atoms with Gasteiger partial charge in [0.15, 0.2) is 5.78 Å². The van der Waals surface area contributed by atoms with Crippen molar-refractivity contribution in [2.75, 3.05) is 0 Å². The molecule has 16 heavy (non-hydrogen) atoms. The fourth-order valence-electron chi connectivity index (χ4n) is 3.42. The van der Waals surface area contributed by atoms with Gasteiger partial charge in [-0.05, 0) is 38.7 Å². The van der Waals surface area contributed by atoms with Gasteiger partial charge in [0, 0.05) is 29.4 Å². The average molecular weight is 217 g/mol. The van der Waals surface area contributed by atoms with Crippen molar-refractivity contribution in [2.45, 2.75) is 57.9 Å². The van der Waals surface area contributed by atoms with Crippen molar-refractivity contribution >= 4 is 5.78 Å². The second kappa shape index (κ2) is 3.76. The molecule has 0 radical (unpaired) electrons. The standard InChI is InChI=1S/C14H19NO/c1-10-9-12-13(7-4-8-14(12)16)15(10)11-5-2-3-6-11/h9,11H,2-8H2,1H3. The van der Waals surface area contributed by atoms with Crippen LogP contribution in [0.25, 0.3) is 0 Å². The molecule has 0 aliphatic heterocycles. The third-order valence-corrected chi connectivity index (χ3v) is 4.14. The van der Waals surface area contributed by atoms with Crippen molar-refractivity contribution in [3.8, 4) is 0 Å². The second-order valence-corrected chi connectivity index (χ2v) is 5.23. The molecule has 0 unspecified atom stereocenters. The molecule has 1 aromatic rings. The highest BCUT2D eigenvalue weighted by atomic mass is 16.1. The van der Waals surface area contributed by atoms with Gasteiger partial charge in [0.05, 0.1) is 0 Å². The van der Waals surface area contributed by atoms with Gasteiger partial charge in [0.25, 0.3) is 0 Å². The number of hydrogen-bond acceptors (Lipinski definition) is 1. The first-order chi connectivity index (χ1) is 7.77. The summed E-state index contributed by atoms with van der Waals surface area (Å²) < 4.78 is 2.47. The molecule has 1 heterocycles. The molecule has 1 saturated carbocycles. The number of aryl methyl sites for hydroxylation is 1. The van der Waals surface area contributed by atoms with E-state index in [1.165, 1.54) is 37.1 Å². The SMILES string of the molecule is Cc1cc2c(n1C1CCCC1)CCCC2=O. The van der Waals surface area contributed by atoms with Crippen LogP contribution in [-0.4, -0.2) is 10.4 Å². The Bertz CT molecular complexity index is 424. The molecule has 0 spiro atoms. The summed E-state index contributed by atoms with van der Waals surface area (Å²) in [4.78, 5) is 11.9. The molecule has 86 valence electrons. The Morgan fingerprint density at radius 1 is 1.19 bits per heavy atom. The van der Waals surface area contributed by atoms with E-state index in [0.717, 1.165) is 24.8 Å². The Labute approximate surface area is 96.6 Å². The molecule has 1 aromatic heterocycles. The van der Waals surface area contributed by atoms with Crippen molar-refractivity contribution in [1.29, 1.82) is 0 Å². The van der Waals surface area contributed by atoms with Gasteiger partial charge in [-0.15, -0.1) is 0 Å². The fraction of sp³-hybridized carbons (Fsp3) is 0.643. The van der Waals surface area contributed by atoms with E-state index < -0.39 is 0 Å². The number of carbonyl (C=O) groups excluding carboxylic acids is 1. The molecule has 1 fully saturated rings. The summed E-state index contributed by atoms with van der Waals surface area (Å²) in [6.07, 6.45) is 8.21. The third-order valence-electron chi connectivity index (χ3n) is 4.14. The smallest absolute Gasteiger partial charge is 0.164 e. The maximum absolute atomic E-state index is 11.9. The summed E-state index contributed by atoms with van der Waals surface area (Å²) in [6.45, 7) is 2.16. The summed E-state index contributed by atoms with van der Waals surface area (Å²) in [5, 5.41) is 0. The highest BCUT2D eigenvalue weighted by Crippen LogP contribution is 2.35. The van der Waals surface area contributed by atoms with Crippen molar-refractivity contribution in [3.05, 3.63) is 23.0 Å². The number of rotatable bonds is 1. The molecule has 2 nitrogen and oxygen atoms in total. The van der Waals surface area contributed by atoms with Gasteiger partial charge in [0.2, 0.25) is 0 Å². The van der Waals surface area contributed by atoms with Crippen molar-refractivity contribution < 1.29 is 4.79 Å². The van der Waals surface area contributed by atoms with Gasteiger partial charge < -0.3 is 4.57 Å². The number of hydrogen-bond donors (Lipinski definition) is 0. The van der Waals surface area contributed by atoms with Crippen LogP contribution in [-0.2, 0) is 6.42 Å². The Hall–Kier alpha value is -1.05. The highest BCUT2D eigenvalue weighted by molar-refractivity contribution is 5.98. The summed E-state index contributed by atoms with van der Waals surface area (Å²) in [5.41, 5.74) is 3.66. The third kappa shape index (κ3) is 1.43. The topological polar surface area (TPSA) is 22.0 Å². The molecule has 0 N–H and O–H groups in total. The maximum Gasteiger partial charge on any atom is 0.164 e. The Morgan fingerprint density at radius 3 is 2.69 bits per heavy atom. The Kier molecular flexibility index (Phi) is 2.38. The predicted molar refractivity (Wildman–Crippen MR) is 63.9 cm³/mol. The monoisotopic (exact) mass is 217 g/mol. The molecule has 0 atom stereocenters. The van der Waals surface area contributed by atoms with Crippen LogP contribution in [0.3, 0.4) is 0 Å². The lowest BCUT2D eigenvalue weighted by molar-refractivity contribution is 0.0971. The van der Waals surface area contributed by atoms with Gasteiger partial charge in [-0.3, -0.25) is 4.79 Å². The second-order valence-electron chi connectivity index (χ2n) is 5.23. The van der Waals surface area contributed by atoms with Gasteiger partial charge in [-0.1, -0.05) is 12.8 Å². The number of nitrogens with zero attached hydrogens (tertiary/aromatic N) is 1. The van der Waals surface area contributed by atoms with E-state index in [1.807, 2.05) is 0 Å². The van der Waals surface area contributed by atoms with Crippen LogP contribution in [0.1, 0.15) is 66.3 Å². The number of ketones is 1. The Morgan fingerprint density at radius 2 is 1.94 bits per heavy atom. The lowest BCUT2D eigenvalue weighted by Crippen LogP contribution is -2.16. The summed E-state index contributed by atoms with van der Waals surface area (Å²) in [6, 6.07) is 2.80. The number of aromatic nitrogens is 1. The summed E-state index contributed by atoms with van der Waals surface area (Å²) >= 11 is 0. The lowest BCUT2D eigenvalue weighted by Gasteiger charge is -2.21. The van der Waals surface area contributed by atoms with Crippen LogP contribution in [0.2, 0.25) is 0 Å². The largest absolute Gasteiger partial charge is 0.345 e. The van der Waals surface area contributed by atoms with Crippen molar-refractivity contribution in [1.82, 2.24) is 4.57 Å². The summed E-state index contributed by atoms with van der Waals surface area (Å²) in [7, 11) is 0. The lowest BCUT2D eigenvalue weighted by atomic mass is 9.96. The first-order valence-corrected chi connectivity index (χ1v) is 6.51. The van der Waals surface area contributed by atoms with Crippen LogP contribution in [0.5, 0.6) is 0 Å². The van der Waals surface area contributed by atoms with E-state index in [4.69, 9.17) is 0 Å². The molecule has 2 heteroatoms. The first kappa shape index (κ1) is 10.1. The molecule has 0 aromatic carbocycles. The van der Waals surface area contributed by atoms with E-state index in [2.05, 4.69) is 17.6 Å². The predicted octanol–water partition coefficient (Wildman–Crippen LogP) is 3.43. The minimum Gasteiger partial charge on any atom is -0.345 e. The molecule has 0 bridgehead atoms. The number of fused-ring (bicyclic) bond motifs is 1. The summed E-state index contributed by atoms with van der Waals surface area (Å²) in [5.74, 6) is 0.362. The van der Waals surface area contributed by atoms with E-state index in [0.29, 0.717) is 11.8 Å². The van der Waals surface area contributed by atoms with Crippen LogP contribution in [0, 0.1) is 6.92 Å². The van der Waals surface area contributed by atoms with Crippen LogP contribution >= 0.6 is 0 Å². The number of carbonyl (C=O) groups is 1. The maximum atomic E-state index is 11.9. The minimum atomic E-state index is 0.362. The Balaban J connectivity index is 2.07. The average Bonchev–Trinajstić information content (AvgIpc) is 2.85. The van der Waals surface area contributed by atoms with Gasteiger partial charge in [-0.2, -0.15) is 0 Å². The molecular weight excluding hydrogens is 198 g/mol. The van der Waals surface area contributed by atoms with Crippen LogP contribution in [0.4, 0.5) is 0 Å². The quantitative estimate of drug-likeness (QED) is 0.706.